The van der Waals surface area contributed by atoms with Crippen LogP contribution in [0.15, 0.2) is 60.7 Å². The Labute approximate surface area is 217 Å². The van der Waals surface area contributed by atoms with E-state index >= 15 is 0 Å². The van der Waals surface area contributed by atoms with Crippen LogP contribution in [0, 0.1) is 0 Å². The molecule has 0 saturated carbocycles. The molecule has 0 aliphatic rings. The van der Waals surface area contributed by atoms with Crippen molar-refractivity contribution >= 4 is 21.1 Å². The molecule has 0 amide bonds. The SMILES string of the molecule is FC(F)(F)C(F)(F)C(F)(F)[CH2][Sn][CH2]C(F)(F)C(F)(F)C(F)(F)F.c1ccc(COCc2ccccc2)cc1. The van der Waals surface area contributed by atoms with Gasteiger partial charge in [-0.1, -0.05) is 60.7 Å². The first-order valence-corrected chi connectivity index (χ1v) is 14.2. The van der Waals surface area contributed by atoms with E-state index in [0.29, 0.717) is 13.2 Å². The van der Waals surface area contributed by atoms with Crippen molar-refractivity contribution in [1.82, 2.24) is 0 Å². The predicted molar refractivity (Wildman–Crippen MR) is 109 cm³/mol. The molecule has 0 aromatic heterocycles. The molecule has 16 heteroatoms. The molecule has 0 saturated heterocycles. The average molecular weight is 683 g/mol. The molecule has 0 heterocycles. The number of rotatable bonds is 10. The summed E-state index contributed by atoms with van der Waals surface area (Å²) in [6.45, 7) is 1.35. The van der Waals surface area contributed by atoms with Gasteiger partial charge in [-0.25, -0.2) is 0 Å². The summed E-state index contributed by atoms with van der Waals surface area (Å²) >= 11 is -3.84. The van der Waals surface area contributed by atoms with Crippen LogP contribution in [0.4, 0.5) is 61.5 Å². The van der Waals surface area contributed by atoms with E-state index in [1.165, 1.54) is 11.1 Å². The molecule has 2 aromatic rings. The van der Waals surface area contributed by atoms with Crippen LogP contribution in [0.3, 0.4) is 0 Å². The Morgan fingerprint density at radius 2 is 0.763 bits per heavy atom. The van der Waals surface area contributed by atoms with Gasteiger partial charge in [0.05, 0.1) is 13.2 Å². The molecule has 0 bridgehead atoms. The van der Waals surface area contributed by atoms with Crippen LogP contribution in [-0.4, -0.2) is 57.2 Å². The summed E-state index contributed by atoms with van der Waals surface area (Å²) in [5.41, 5.74) is 2.43. The van der Waals surface area contributed by atoms with Crippen molar-refractivity contribution in [3.05, 3.63) is 71.8 Å². The number of hydrogen-bond donors (Lipinski definition) is 0. The van der Waals surface area contributed by atoms with E-state index in [-0.39, 0.29) is 0 Å². The maximum Gasteiger partial charge on any atom is 0.0721 e. The number of benzene rings is 2. The van der Waals surface area contributed by atoms with E-state index in [9.17, 15) is 61.5 Å². The Morgan fingerprint density at radius 3 is 1.03 bits per heavy atom. The van der Waals surface area contributed by atoms with Crippen molar-refractivity contribution in [1.29, 1.82) is 0 Å². The van der Waals surface area contributed by atoms with Crippen LogP contribution in [-0.2, 0) is 18.0 Å². The van der Waals surface area contributed by atoms with Crippen LogP contribution in [0.1, 0.15) is 11.1 Å². The van der Waals surface area contributed by atoms with E-state index in [1.807, 2.05) is 36.4 Å². The normalized spacial score (nSPS) is 13.6. The third kappa shape index (κ3) is 9.16. The van der Waals surface area contributed by atoms with Crippen molar-refractivity contribution in [2.45, 2.75) is 58.1 Å². The summed E-state index contributed by atoms with van der Waals surface area (Å²) in [6.07, 6.45) is -13.5. The second-order valence-electron chi connectivity index (χ2n) is 7.62. The smallest absolute Gasteiger partial charge is 0.0721 e. The molecule has 0 unspecified atom stereocenters. The summed E-state index contributed by atoms with van der Waals surface area (Å²) < 4.78 is 171. The molecular formula is C22H18F14OSn. The summed E-state index contributed by atoms with van der Waals surface area (Å²) in [4.78, 5) is 0. The minimum Gasteiger partial charge on any atom is -0.372 e. The van der Waals surface area contributed by atoms with Crippen molar-refractivity contribution in [3.8, 4) is 0 Å². The Hall–Kier alpha value is -1.78. The fraction of sp³-hybridized carbons (Fsp3) is 0.455. The largest absolute Gasteiger partial charge is 0.372 e. The van der Waals surface area contributed by atoms with Gasteiger partial charge < -0.3 is 4.74 Å². The molecule has 214 valence electrons. The van der Waals surface area contributed by atoms with E-state index in [2.05, 4.69) is 24.3 Å². The second kappa shape index (κ2) is 13.0. The topological polar surface area (TPSA) is 9.23 Å². The molecule has 0 spiro atoms. The van der Waals surface area contributed by atoms with Crippen LogP contribution in [0.25, 0.3) is 0 Å². The molecule has 1 nitrogen and oxygen atoms in total. The molecule has 0 atom stereocenters. The fourth-order valence-electron chi connectivity index (χ4n) is 2.45. The predicted octanol–water partition coefficient (Wildman–Crippen LogP) is 8.60. The van der Waals surface area contributed by atoms with E-state index in [0.717, 1.165) is 0 Å². The second-order valence-corrected chi connectivity index (χ2v) is 11.1. The van der Waals surface area contributed by atoms with Gasteiger partial charge in [-0.3, -0.25) is 0 Å². The van der Waals surface area contributed by atoms with Crippen molar-refractivity contribution in [3.63, 3.8) is 0 Å². The van der Waals surface area contributed by atoms with Gasteiger partial charge in [-0.05, 0) is 11.1 Å². The number of hydrogen-bond acceptors (Lipinski definition) is 1. The maximum absolute atomic E-state index is 12.7. The zero-order valence-corrected chi connectivity index (χ0v) is 21.7. The number of alkyl halides is 14. The van der Waals surface area contributed by atoms with Gasteiger partial charge in [-0.15, -0.1) is 0 Å². The van der Waals surface area contributed by atoms with Crippen LogP contribution in [0.5, 0.6) is 0 Å². The minimum absolute atomic E-state index is 0.676. The Bertz CT molecular complexity index is 882. The zero-order valence-electron chi connectivity index (χ0n) is 18.8. The third-order valence-corrected chi connectivity index (χ3v) is 8.51. The molecule has 2 radical (unpaired) electrons. The maximum atomic E-state index is 12.7. The van der Waals surface area contributed by atoms with Crippen molar-refractivity contribution in [2.75, 3.05) is 0 Å². The summed E-state index contributed by atoms with van der Waals surface area (Å²) in [5.74, 6) is -25.0. The van der Waals surface area contributed by atoms with Gasteiger partial charge in [0.25, 0.3) is 0 Å². The van der Waals surface area contributed by atoms with Gasteiger partial charge in [0.1, 0.15) is 0 Å². The Balaban J connectivity index is 0.000000411. The minimum atomic E-state index is -6.74. The molecule has 0 N–H and O–H groups in total. The molecule has 2 aromatic carbocycles. The van der Waals surface area contributed by atoms with Crippen molar-refractivity contribution in [2.24, 2.45) is 0 Å². The summed E-state index contributed by atoms with van der Waals surface area (Å²) in [6, 6.07) is 20.4. The zero-order chi connectivity index (χ0) is 29.5. The number of halogens is 14. The monoisotopic (exact) mass is 684 g/mol. The van der Waals surface area contributed by atoms with Crippen LogP contribution in [0.2, 0.25) is 8.87 Å². The molecule has 0 fully saturated rings. The molecule has 38 heavy (non-hydrogen) atoms. The summed E-state index contributed by atoms with van der Waals surface area (Å²) in [7, 11) is 0. The first-order valence-electron chi connectivity index (χ1n) is 10.2. The molecular weight excluding hydrogens is 665 g/mol. The quantitative estimate of drug-likeness (QED) is 0.180. The molecule has 0 aliphatic carbocycles. The van der Waals surface area contributed by atoms with Crippen molar-refractivity contribution < 1.29 is 66.2 Å². The van der Waals surface area contributed by atoms with Gasteiger partial charge in [0.15, 0.2) is 0 Å². The fourth-order valence-corrected chi connectivity index (χ4v) is 5.86. The Morgan fingerprint density at radius 1 is 0.474 bits per heavy atom. The first-order chi connectivity index (χ1) is 17.2. The average Bonchev–Trinajstić information content (AvgIpc) is 2.79. The third-order valence-electron chi connectivity index (χ3n) is 4.55. The first kappa shape index (κ1) is 34.2. The van der Waals surface area contributed by atoms with Gasteiger partial charge >= 0.3 is 128 Å². The van der Waals surface area contributed by atoms with E-state index in [4.69, 9.17) is 4.74 Å². The van der Waals surface area contributed by atoms with E-state index < -0.39 is 66.1 Å². The Kier molecular flexibility index (Phi) is 11.8. The molecule has 2 rings (SSSR count). The summed E-state index contributed by atoms with van der Waals surface area (Å²) in [5, 5.41) is 0. The molecule has 0 aliphatic heterocycles. The van der Waals surface area contributed by atoms with Gasteiger partial charge in [0, 0.05) is 0 Å². The van der Waals surface area contributed by atoms with E-state index in [1.54, 1.807) is 0 Å². The van der Waals surface area contributed by atoms with Gasteiger partial charge in [-0.2, -0.15) is 0 Å². The van der Waals surface area contributed by atoms with Crippen LogP contribution < -0.4 is 0 Å². The standard InChI is InChI=1S/C14H14O.2C4H2F7.Sn/c1-3-7-13(8-4-1)11-15-12-14-9-5-2-6-10-14;2*1-2(5,6)3(7,8)4(9,10)11;/h1-10H,11-12H2;2*1H2;. The van der Waals surface area contributed by atoms with Gasteiger partial charge in [0.2, 0.25) is 0 Å². The van der Waals surface area contributed by atoms with Crippen LogP contribution >= 0.6 is 0 Å². The number of ether oxygens (including phenoxy) is 1.